The summed E-state index contributed by atoms with van der Waals surface area (Å²) in [5.41, 5.74) is 5.42. The van der Waals surface area contributed by atoms with Gasteiger partial charge in [0.2, 0.25) is 11.8 Å². The Bertz CT molecular complexity index is 997. The molecule has 0 aromatic heterocycles. The van der Waals surface area contributed by atoms with E-state index in [2.05, 4.69) is 37.0 Å². The molecule has 43 heavy (non-hydrogen) atoms. The molecule has 12 nitrogen and oxygen atoms in total. The number of allylic oxidation sites excluding steroid dienone is 7. The maximum absolute atomic E-state index is 13.4. The second-order valence-corrected chi connectivity index (χ2v) is 10.3. The molecule has 0 bridgehead atoms. The largest absolute Gasteiger partial charge is 0.481 e. The van der Waals surface area contributed by atoms with Crippen LogP contribution in [0.3, 0.4) is 0 Å². The molecule has 0 rings (SSSR count). The Hall–Kier alpha value is -3.42. The van der Waals surface area contributed by atoms with E-state index in [4.69, 9.17) is 15.9 Å². The number of aliphatic carboxylic acids is 3. The standard InChI is InChI=1S/C30H47N3O9S/c1-2-3-4-5-6-7-8-9-10-11-12-13-15-24(25(34)16-14-17-27(36)37)33(20-28(38)39)29(40)23(21-43)32-26(35)19-18-22(31)30(41)42/h6-7,9-13,15,22-25,34,43H,2-5,8,14,16-21,31H2,1H3,(H,32,35)(H,36,37)(H,38,39)(H,41,42)/t22?,23?,24-,25+/m1/s1. The number of nitrogens with zero attached hydrogens (tertiary/aromatic N) is 1. The van der Waals surface area contributed by atoms with E-state index < -0.39 is 60.5 Å². The topological polar surface area (TPSA) is 208 Å². The third-order valence-corrected chi connectivity index (χ3v) is 6.60. The lowest BCUT2D eigenvalue weighted by molar-refractivity contribution is -0.148. The zero-order chi connectivity index (χ0) is 32.6. The van der Waals surface area contributed by atoms with Crippen molar-refractivity contribution in [2.45, 2.75) is 95.4 Å². The first-order chi connectivity index (χ1) is 20.4. The van der Waals surface area contributed by atoms with Gasteiger partial charge in [0.25, 0.3) is 0 Å². The third kappa shape index (κ3) is 19.4. The minimum Gasteiger partial charge on any atom is -0.481 e. The first-order valence-corrected chi connectivity index (χ1v) is 15.0. The molecule has 0 aliphatic carbocycles. The Morgan fingerprint density at radius 1 is 0.884 bits per heavy atom. The minimum atomic E-state index is -1.37. The van der Waals surface area contributed by atoms with Crippen LogP contribution in [-0.2, 0) is 24.0 Å². The van der Waals surface area contributed by atoms with Gasteiger partial charge in [-0.05, 0) is 38.5 Å². The first kappa shape index (κ1) is 39.6. The molecule has 13 heteroatoms. The van der Waals surface area contributed by atoms with Gasteiger partial charge in [-0.2, -0.15) is 12.6 Å². The highest BCUT2D eigenvalue weighted by molar-refractivity contribution is 7.80. The molecule has 4 atom stereocenters. The van der Waals surface area contributed by atoms with Gasteiger partial charge in [0.15, 0.2) is 0 Å². The second kappa shape index (κ2) is 24.1. The van der Waals surface area contributed by atoms with Crippen LogP contribution in [0.5, 0.6) is 0 Å². The number of carbonyl (C=O) groups is 5. The number of hydrogen-bond acceptors (Lipinski definition) is 8. The smallest absolute Gasteiger partial charge is 0.323 e. The lowest BCUT2D eigenvalue weighted by atomic mass is 10.0. The highest BCUT2D eigenvalue weighted by Crippen LogP contribution is 2.16. The number of carboxylic acid groups (broad SMARTS) is 3. The number of aliphatic hydroxyl groups excluding tert-OH is 1. The average molecular weight is 626 g/mol. The van der Waals surface area contributed by atoms with Crippen molar-refractivity contribution in [1.82, 2.24) is 10.2 Å². The molecule has 0 fully saturated rings. The van der Waals surface area contributed by atoms with Crippen molar-refractivity contribution in [3.8, 4) is 0 Å². The fourth-order valence-corrected chi connectivity index (χ4v) is 4.13. The number of unbranched alkanes of at least 4 members (excludes halogenated alkanes) is 3. The van der Waals surface area contributed by atoms with Gasteiger partial charge in [0.05, 0.1) is 12.1 Å². The number of carbonyl (C=O) groups excluding carboxylic acids is 2. The van der Waals surface area contributed by atoms with Crippen LogP contribution < -0.4 is 11.1 Å². The summed E-state index contributed by atoms with van der Waals surface area (Å²) in [6, 6.07) is -3.73. The van der Waals surface area contributed by atoms with Crippen molar-refractivity contribution in [3.05, 3.63) is 48.6 Å². The summed E-state index contributed by atoms with van der Waals surface area (Å²) in [6.07, 6.45) is 17.7. The van der Waals surface area contributed by atoms with Gasteiger partial charge < -0.3 is 36.4 Å². The van der Waals surface area contributed by atoms with E-state index in [-0.39, 0.29) is 37.9 Å². The molecule has 2 amide bonds. The first-order valence-electron chi connectivity index (χ1n) is 14.4. The van der Waals surface area contributed by atoms with Crippen molar-refractivity contribution in [1.29, 1.82) is 0 Å². The molecule has 0 heterocycles. The molecule has 7 N–H and O–H groups in total. The quantitative estimate of drug-likeness (QED) is 0.0361. The Morgan fingerprint density at radius 3 is 2.19 bits per heavy atom. The van der Waals surface area contributed by atoms with Crippen LogP contribution in [0, 0.1) is 0 Å². The van der Waals surface area contributed by atoms with Crippen molar-refractivity contribution >= 4 is 42.4 Å². The minimum absolute atomic E-state index is 0.0378. The fraction of sp³-hybridized carbons (Fsp3) is 0.567. The van der Waals surface area contributed by atoms with E-state index in [0.29, 0.717) is 0 Å². The van der Waals surface area contributed by atoms with E-state index in [9.17, 15) is 34.2 Å². The number of hydrogen-bond donors (Lipinski definition) is 7. The summed E-state index contributed by atoms with van der Waals surface area (Å²) in [7, 11) is 0. The van der Waals surface area contributed by atoms with Crippen LogP contribution in [0.15, 0.2) is 48.6 Å². The Balaban J connectivity index is 5.74. The normalized spacial score (nSPS) is 14.7. The predicted octanol–water partition coefficient (Wildman–Crippen LogP) is 2.69. The number of nitrogens with two attached hydrogens (primary N) is 1. The number of nitrogens with one attached hydrogen (secondary N) is 1. The summed E-state index contributed by atoms with van der Waals surface area (Å²) in [6.45, 7) is 1.34. The lowest BCUT2D eigenvalue weighted by Gasteiger charge is -2.34. The van der Waals surface area contributed by atoms with Crippen molar-refractivity contribution in [3.63, 3.8) is 0 Å². The average Bonchev–Trinajstić information content (AvgIpc) is 2.95. The molecular weight excluding hydrogens is 578 g/mol. The molecule has 0 radical (unpaired) electrons. The zero-order valence-electron chi connectivity index (χ0n) is 24.7. The van der Waals surface area contributed by atoms with E-state index >= 15 is 0 Å². The van der Waals surface area contributed by atoms with E-state index in [1.54, 1.807) is 18.2 Å². The van der Waals surface area contributed by atoms with Crippen LogP contribution in [0.1, 0.15) is 71.1 Å². The van der Waals surface area contributed by atoms with Crippen LogP contribution in [0.2, 0.25) is 0 Å². The van der Waals surface area contributed by atoms with E-state index in [1.807, 2.05) is 12.2 Å². The van der Waals surface area contributed by atoms with Crippen LogP contribution in [0.25, 0.3) is 0 Å². The van der Waals surface area contributed by atoms with Gasteiger partial charge in [-0.15, -0.1) is 0 Å². The molecular formula is C30H47N3O9S. The highest BCUT2D eigenvalue weighted by Gasteiger charge is 2.34. The Morgan fingerprint density at radius 2 is 1.58 bits per heavy atom. The second-order valence-electron chi connectivity index (χ2n) is 9.89. The molecule has 0 saturated carbocycles. The number of amides is 2. The number of carboxylic acids is 3. The Labute approximate surface area is 258 Å². The summed E-state index contributed by atoms with van der Waals surface area (Å²) in [4.78, 5) is 60.3. The molecule has 0 aromatic rings. The van der Waals surface area contributed by atoms with Crippen molar-refractivity contribution in [2.75, 3.05) is 12.3 Å². The zero-order valence-corrected chi connectivity index (χ0v) is 25.6. The molecule has 0 aromatic carbocycles. The number of aliphatic hydroxyl groups is 1. The maximum atomic E-state index is 13.4. The number of rotatable bonds is 24. The lowest BCUT2D eigenvalue weighted by Crippen LogP contribution is -2.56. The van der Waals surface area contributed by atoms with Crippen molar-refractivity contribution in [2.24, 2.45) is 5.73 Å². The van der Waals surface area contributed by atoms with Gasteiger partial charge in [-0.3, -0.25) is 24.0 Å². The fourth-order valence-electron chi connectivity index (χ4n) is 3.88. The molecule has 0 spiro atoms. The van der Waals surface area contributed by atoms with Gasteiger partial charge in [-0.25, -0.2) is 0 Å². The van der Waals surface area contributed by atoms with Gasteiger partial charge >= 0.3 is 17.9 Å². The van der Waals surface area contributed by atoms with Crippen LogP contribution in [-0.4, -0.2) is 91.6 Å². The molecule has 2 unspecified atom stereocenters. The van der Waals surface area contributed by atoms with E-state index in [0.717, 1.165) is 24.2 Å². The molecule has 0 saturated heterocycles. The van der Waals surface area contributed by atoms with Crippen molar-refractivity contribution < 1.29 is 44.4 Å². The SMILES string of the molecule is CCCCCC=CCC=CC=CC=C[C@H]([C@@H](O)CCCC(=O)O)N(CC(=O)O)C(=O)C(CS)NC(=O)CCC(N)C(=O)O. The molecule has 242 valence electrons. The Kier molecular flexibility index (Phi) is 22.2. The predicted molar refractivity (Wildman–Crippen MR) is 167 cm³/mol. The monoisotopic (exact) mass is 625 g/mol. The summed E-state index contributed by atoms with van der Waals surface area (Å²) < 4.78 is 0. The third-order valence-electron chi connectivity index (χ3n) is 6.24. The summed E-state index contributed by atoms with van der Waals surface area (Å²) in [5.74, 6) is -5.46. The molecule has 0 aliphatic heterocycles. The van der Waals surface area contributed by atoms with Gasteiger partial charge in [-0.1, -0.05) is 68.4 Å². The number of thiol groups is 1. The van der Waals surface area contributed by atoms with Crippen LogP contribution in [0.4, 0.5) is 0 Å². The molecule has 0 aliphatic rings. The van der Waals surface area contributed by atoms with Gasteiger partial charge in [0.1, 0.15) is 18.6 Å². The summed E-state index contributed by atoms with van der Waals surface area (Å²) >= 11 is 4.11. The highest BCUT2D eigenvalue weighted by atomic mass is 32.1. The maximum Gasteiger partial charge on any atom is 0.323 e. The van der Waals surface area contributed by atoms with Crippen LogP contribution >= 0.6 is 12.6 Å². The van der Waals surface area contributed by atoms with Gasteiger partial charge in [0, 0.05) is 18.6 Å². The summed E-state index contributed by atoms with van der Waals surface area (Å²) in [5, 5.41) is 40.7. The van der Waals surface area contributed by atoms with E-state index in [1.165, 1.54) is 18.9 Å².